The summed E-state index contributed by atoms with van der Waals surface area (Å²) in [7, 11) is 0. The Bertz CT molecular complexity index is 229. The fourth-order valence-corrected chi connectivity index (χ4v) is 3.50. The zero-order valence-electron chi connectivity index (χ0n) is 8.42. The van der Waals surface area contributed by atoms with Gasteiger partial charge in [0.25, 0.3) is 0 Å². The van der Waals surface area contributed by atoms with E-state index in [1.807, 2.05) is 0 Å². The van der Waals surface area contributed by atoms with Crippen LogP contribution in [0.1, 0.15) is 34.1 Å². The summed E-state index contributed by atoms with van der Waals surface area (Å²) >= 11 is 0. The Balaban J connectivity index is 2.19. The minimum Gasteiger partial charge on any atom is -0.300 e. The van der Waals surface area contributed by atoms with E-state index in [2.05, 4.69) is 20.8 Å². The predicted octanol–water partition coefficient (Wildman–Crippen LogP) is 2.50. The van der Waals surface area contributed by atoms with Crippen molar-refractivity contribution in [3.8, 4) is 0 Å². The third-order valence-electron chi connectivity index (χ3n) is 4.23. The van der Waals surface area contributed by atoms with Gasteiger partial charge in [-0.15, -0.1) is 0 Å². The Kier molecular flexibility index (Phi) is 1.47. The maximum Gasteiger partial charge on any atom is 0.133 e. The molecule has 0 radical (unpaired) electrons. The van der Waals surface area contributed by atoms with E-state index >= 15 is 0 Å². The third-order valence-corrected chi connectivity index (χ3v) is 4.23. The molecular formula is C11H18O. The average molecular weight is 166 g/mol. The van der Waals surface area contributed by atoms with Crippen LogP contribution >= 0.6 is 0 Å². The monoisotopic (exact) mass is 166 g/mol. The maximum absolute atomic E-state index is 11.4. The minimum atomic E-state index is 0.380. The van der Waals surface area contributed by atoms with Crippen molar-refractivity contribution in [3.63, 3.8) is 0 Å². The number of carbonyl (C=O) groups is 1. The molecule has 0 heterocycles. The summed E-state index contributed by atoms with van der Waals surface area (Å²) in [5.41, 5.74) is 0.475. The number of hydrogen-bond donors (Lipinski definition) is 0. The van der Waals surface area contributed by atoms with Crippen LogP contribution in [0.5, 0.6) is 0 Å². The molecule has 68 valence electrons. The lowest BCUT2D eigenvalue weighted by Crippen LogP contribution is -2.21. The van der Waals surface area contributed by atoms with Gasteiger partial charge in [-0.3, -0.25) is 4.79 Å². The van der Waals surface area contributed by atoms with Crippen LogP contribution in [-0.2, 0) is 4.79 Å². The van der Waals surface area contributed by atoms with Crippen LogP contribution in [0.15, 0.2) is 0 Å². The Morgan fingerprint density at radius 3 is 2.33 bits per heavy atom. The first kappa shape index (κ1) is 8.28. The highest BCUT2D eigenvalue weighted by Crippen LogP contribution is 2.70. The molecule has 1 nitrogen and oxygen atoms in total. The average Bonchev–Trinajstić information content (AvgIpc) is 2.40. The molecule has 0 aromatic heterocycles. The Morgan fingerprint density at radius 2 is 2.00 bits per heavy atom. The standard InChI is InChI=1S/C11H18O/c1-6-5-8-10(11(8,3)4)9(6)7(2)12/h6,8-10H,5H2,1-4H3/t6?,8?,9-,10?/m1/s1. The van der Waals surface area contributed by atoms with Crippen LogP contribution in [0.3, 0.4) is 0 Å². The molecule has 0 aromatic carbocycles. The Hall–Kier alpha value is -0.330. The SMILES string of the molecule is CC(=O)[C@H]1C(C)CC2C1C2(C)C. The number of fused-ring (bicyclic) bond motifs is 1. The minimum absolute atomic E-state index is 0.380. The van der Waals surface area contributed by atoms with Gasteiger partial charge in [0.1, 0.15) is 5.78 Å². The van der Waals surface area contributed by atoms with Gasteiger partial charge >= 0.3 is 0 Å². The van der Waals surface area contributed by atoms with E-state index in [1.54, 1.807) is 6.92 Å². The van der Waals surface area contributed by atoms with Crippen LogP contribution in [0.4, 0.5) is 0 Å². The van der Waals surface area contributed by atoms with Crippen molar-refractivity contribution in [2.24, 2.45) is 29.1 Å². The molecule has 0 aromatic rings. The molecule has 0 aliphatic heterocycles. The summed E-state index contributed by atoms with van der Waals surface area (Å²) in [6.07, 6.45) is 1.28. The van der Waals surface area contributed by atoms with E-state index in [0.717, 1.165) is 5.92 Å². The van der Waals surface area contributed by atoms with Crippen molar-refractivity contribution in [2.75, 3.05) is 0 Å². The molecule has 2 saturated carbocycles. The Labute approximate surface area is 74.5 Å². The highest BCUT2D eigenvalue weighted by molar-refractivity contribution is 5.80. The summed E-state index contributed by atoms with van der Waals surface area (Å²) in [4.78, 5) is 11.4. The number of carbonyl (C=O) groups excluding carboxylic acids is 1. The van der Waals surface area contributed by atoms with E-state index in [9.17, 15) is 4.79 Å². The van der Waals surface area contributed by atoms with Crippen molar-refractivity contribution >= 4 is 5.78 Å². The van der Waals surface area contributed by atoms with Crippen molar-refractivity contribution in [2.45, 2.75) is 34.1 Å². The molecule has 2 aliphatic rings. The summed E-state index contributed by atoms with van der Waals surface area (Å²) < 4.78 is 0. The molecule has 2 rings (SSSR count). The molecule has 3 unspecified atom stereocenters. The molecule has 0 amide bonds. The molecule has 0 N–H and O–H groups in total. The second-order valence-corrected chi connectivity index (χ2v) is 5.30. The summed E-state index contributed by atoms with van der Waals surface area (Å²) in [6, 6.07) is 0. The predicted molar refractivity (Wildman–Crippen MR) is 48.7 cm³/mol. The zero-order valence-corrected chi connectivity index (χ0v) is 8.42. The molecule has 2 fully saturated rings. The van der Waals surface area contributed by atoms with Gasteiger partial charge in [-0.05, 0) is 36.5 Å². The van der Waals surface area contributed by atoms with Gasteiger partial charge in [-0.25, -0.2) is 0 Å². The van der Waals surface area contributed by atoms with Crippen LogP contribution in [0.25, 0.3) is 0 Å². The van der Waals surface area contributed by atoms with Crippen molar-refractivity contribution < 1.29 is 4.79 Å². The van der Waals surface area contributed by atoms with Crippen LogP contribution in [0, 0.1) is 29.1 Å². The van der Waals surface area contributed by atoms with Crippen molar-refractivity contribution in [3.05, 3.63) is 0 Å². The van der Waals surface area contributed by atoms with Crippen molar-refractivity contribution in [1.29, 1.82) is 0 Å². The van der Waals surface area contributed by atoms with Gasteiger partial charge in [0.05, 0.1) is 0 Å². The Morgan fingerprint density at radius 1 is 1.42 bits per heavy atom. The van der Waals surface area contributed by atoms with E-state index < -0.39 is 0 Å². The molecule has 0 spiro atoms. The highest BCUT2D eigenvalue weighted by atomic mass is 16.1. The fourth-order valence-electron chi connectivity index (χ4n) is 3.50. The van der Waals surface area contributed by atoms with E-state index in [-0.39, 0.29) is 0 Å². The summed E-state index contributed by atoms with van der Waals surface area (Å²) in [5, 5.41) is 0. The molecule has 1 heteroatoms. The van der Waals surface area contributed by atoms with E-state index in [1.165, 1.54) is 6.42 Å². The van der Waals surface area contributed by atoms with Crippen molar-refractivity contribution in [1.82, 2.24) is 0 Å². The number of ketones is 1. The molecule has 2 aliphatic carbocycles. The highest BCUT2D eigenvalue weighted by Gasteiger charge is 2.66. The van der Waals surface area contributed by atoms with Gasteiger partial charge < -0.3 is 0 Å². The maximum atomic E-state index is 11.4. The first-order valence-corrected chi connectivity index (χ1v) is 4.96. The number of rotatable bonds is 1. The van der Waals surface area contributed by atoms with Gasteiger partial charge in [0.2, 0.25) is 0 Å². The fraction of sp³-hybridized carbons (Fsp3) is 0.909. The first-order valence-electron chi connectivity index (χ1n) is 4.96. The quantitative estimate of drug-likeness (QED) is 0.585. The zero-order chi connectivity index (χ0) is 9.09. The lowest BCUT2D eigenvalue weighted by molar-refractivity contribution is -0.122. The molecule has 12 heavy (non-hydrogen) atoms. The van der Waals surface area contributed by atoms with Gasteiger partial charge in [-0.2, -0.15) is 0 Å². The lowest BCUT2D eigenvalue weighted by Gasteiger charge is -2.20. The molecular weight excluding hydrogens is 148 g/mol. The van der Waals surface area contributed by atoms with Gasteiger partial charge in [-0.1, -0.05) is 20.8 Å². The smallest absolute Gasteiger partial charge is 0.133 e. The second-order valence-electron chi connectivity index (χ2n) is 5.30. The normalized spacial score (nSPS) is 48.7. The second kappa shape index (κ2) is 2.12. The third kappa shape index (κ3) is 0.826. The first-order chi connectivity index (χ1) is 5.46. The van der Waals surface area contributed by atoms with Crippen LogP contribution in [0.2, 0.25) is 0 Å². The van der Waals surface area contributed by atoms with E-state index in [4.69, 9.17) is 0 Å². The van der Waals surface area contributed by atoms with E-state index in [0.29, 0.717) is 29.0 Å². The van der Waals surface area contributed by atoms with Gasteiger partial charge in [0.15, 0.2) is 0 Å². The number of hydrogen-bond acceptors (Lipinski definition) is 1. The van der Waals surface area contributed by atoms with Crippen LogP contribution in [-0.4, -0.2) is 5.78 Å². The number of Topliss-reactive ketones (excluding diaryl/α,β-unsaturated/α-hetero) is 1. The lowest BCUT2D eigenvalue weighted by atomic mass is 9.83. The topological polar surface area (TPSA) is 17.1 Å². The molecule has 0 bridgehead atoms. The largest absolute Gasteiger partial charge is 0.300 e. The van der Waals surface area contributed by atoms with Crippen LogP contribution < -0.4 is 0 Å². The summed E-state index contributed by atoms with van der Waals surface area (Å²) in [6.45, 7) is 8.61. The summed E-state index contributed by atoms with van der Waals surface area (Å²) in [5.74, 6) is 3.00. The molecule has 4 atom stereocenters. The van der Waals surface area contributed by atoms with Gasteiger partial charge in [0, 0.05) is 5.92 Å². The molecule has 0 saturated heterocycles.